The van der Waals surface area contributed by atoms with Crippen molar-refractivity contribution < 1.29 is 18.0 Å². The lowest BCUT2D eigenvalue weighted by atomic mass is 10.2. The molecule has 0 heterocycles. The van der Waals surface area contributed by atoms with Gasteiger partial charge in [0.05, 0.1) is 0 Å². The van der Waals surface area contributed by atoms with Crippen LogP contribution in [0.1, 0.15) is 10.4 Å². The molecule has 0 aromatic heterocycles. The maximum absolute atomic E-state index is 13.3. The second kappa shape index (κ2) is 5.36. The SMILES string of the molecule is O=C(Nc1c(F)cc(F)cc1F)c1ccc(S)cc1. The molecule has 1 N–H and O–H groups in total. The Kier molecular flexibility index (Phi) is 3.80. The highest BCUT2D eigenvalue weighted by atomic mass is 32.1. The van der Waals surface area contributed by atoms with Crippen LogP contribution in [0.5, 0.6) is 0 Å². The van der Waals surface area contributed by atoms with Crippen molar-refractivity contribution in [2.24, 2.45) is 0 Å². The highest BCUT2D eigenvalue weighted by Gasteiger charge is 2.15. The Labute approximate surface area is 112 Å². The van der Waals surface area contributed by atoms with Gasteiger partial charge in [0.25, 0.3) is 5.91 Å². The molecule has 2 rings (SSSR count). The zero-order valence-electron chi connectivity index (χ0n) is 9.45. The molecular formula is C13H8F3NOS. The number of hydrogen-bond donors (Lipinski definition) is 2. The van der Waals surface area contributed by atoms with Crippen LogP contribution in [-0.2, 0) is 0 Å². The Morgan fingerprint density at radius 1 is 1.00 bits per heavy atom. The van der Waals surface area contributed by atoms with E-state index >= 15 is 0 Å². The first-order chi connectivity index (χ1) is 8.97. The predicted octanol–water partition coefficient (Wildman–Crippen LogP) is 3.64. The van der Waals surface area contributed by atoms with E-state index in [2.05, 4.69) is 17.9 Å². The second-order valence-electron chi connectivity index (χ2n) is 3.75. The predicted molar refractivity (Wildman–Crippen MR) is 68.0 cm³/mol. The standard InChI is InChI=1S/C13H8F3NOS/c14-8-5-10(15)12(11(16)6-8)17-13(18)7-1-3-9(19)4-2-7/h1-6,19H,(H,17,18). The van der Waals surface area contributed by atoms with Crippen molar-refractivity contribution in [2.45, 2.75) is 4.90 Å². The van der Waals surface area contributed by atoms with Gasteiger partial charge in [-0.25, -0.2) is 13.2 Å². The third-order valence-corrected chi connectivity index (χ3v) is 2.67. The first kappa shape index (κ1) is 13.5. The van der Waals surface area contributed by atoms with E-state index in [1.165, 1.54) is 12.1 Å². The van der Waals surface area contributed by atoms with E-state index in [4.69, 9.17) is 0 Å². The number of hydrogen-bond acceptors (Lipinski definition) is 2. The molecule has 98 valence electrons. The number of nitrogens with one attached hydrogen (secondary N) is 1. The summed E-state index contributed by atoms with van der Waals surface area (Å²) in [5, 5.41) is 2.06. The highest BCUT2D eigenvalue weighted by molar-refractivity contribution is 7.80. The van der Waals surface area contributed by atoms with Crippen LogP contribution in [0.2, 0.25) is 0 Å². The zero-order chi connectivity index (χ0) is 14.0. The second-order valence-corrected chi connectivity index (χ2v) is 4.26. The van der Waals surface area contributed by atoms with E-state index < -0.39 is 29.0 Å². The van der Waals surface area contributed by atoms with Crippen LogP contribution < -0.4 is 5.32 Å². The molecule has 0 saturated carbocycles. The van der Waals surface area contributed by atoms with Crippen molar-refractivity contribution in [2.75, 3.05) is 5.32 Å². The molecule has 0 aliphatic carbocycles. The summed E-state index contributed by atoms with van der Waals surface area (Å²) in [7, 11) is 0. The summed E-state index contributed by atoms with van der Waals surface area (Å²) in [6.45, 7) is 0. The molecule has 19 heavy (non-hydrogen) atoms. The zero-order valence-corrected chi connectivity index (χ0v) is 10.3. The Morgan fingerprint density at radius 2 is 1.53 bits per heavy atom. The summed E-state index contributed by atoms with van der Waals surface area (Å²) in [6.07, 6.45) is 0. The minimum atomic E-state index is -1.17. The summed E-state index contributed by atoms with van der Waals surface area (Å²) in [5.74, 6) is -4.08. The summed E-state index contributed by atoms with van der Waals surface area (Å²) in [5.41, 5.74) is -0.470. The molecule has 2 aromatic rings. The van der Waals surface area contributed by atoms with E-state index in [1.807, 2.05) is 0 Å². The van der Waals surface area contributed by atoms with Crippen LogP contribution in [0.15, 0.2) is 41.3 Å². The third kappa shape index (κ3) is 3.08. The fourth-order valence-corrected chi connectivity index (χ4v) is 1.61. The van der Waals surface area contributed by atoms with E-state index in [9.17, 15) is 18.0 Å². The summed E-state index contributed by atoms with van der Waals surface area (Å²) >= 11 is 4.05. The summed E-state index contributed by atoms with van der Waals surface area (Å²) < 4.78 is 39.4. The molecule has 2 aromatic carbocycles. The van der Waals surface area contributed by atoms with Crippen LogP contribution in [-0.4, -0.2) is 5.91 Å². The quantitative estimate of drug-likeness (QED) is 0.809. The van der Waals surface area contributed by atoms with Crippen molar-refractivity contribution in [3.8, 4) is 0 Å². The van der Waals surface area contributed by atoms with Gasteiger partial charge in [-0.15, -0.1) is 12.6 Å². The van der Waals surface area contributed by atoms with Crippen LogP contribution in [0.25, 0.3) is 0 Å². The number of thiol groups is 1. The van der Waals surface area contributed by atoms with E-state index in [1.54, 1.807) is 12.1 Å². The van der Waals surface area contributed by atoms with Gasteiger partial charge in [-0.3, -0.25) is 4.79 Å². The molecule has 0 bridgehead atoms. The highest BCUT2D eigenvalue weighted by Crippen LogP contribution is 2.21. The number of rotatable bonds is 2. The third-order valence-electron chi connectivity index (χ3n) is 2.37. The minimum Gasteiger partial charge on any atom is -0.317 e. The molecule has 0 radical (unpaired) electrons. The molecule has 6 heteroatoms. The molecule has 0 unspecified atom stereocenters. The lowest BCUT2D eigenvalue weighted by Crippen LogP contribution is -2.14. The average molecular weight is 283 g/mol. The lowest BCUT2D eigenvalue weighted by Gasteiger charge is -2.08. The van der Waals surface area contributed by atoms with Gasteiger partial charge in [0, 0.05) is 22.6 Å². The number of amides is 1. The molecule has 0 fully saturated rings. The van der Waals surface area contributed by atoms with Gasteiger partial charge in [0.1, 0.15) is 11.5 Å². The van der Waals surface area contributed by atoms with Crippen molar-refractivity contribution in [3.63, 3.8) is 0 Å². The van der Waals surface area contributed by atoms with Crippen molar-refractivity contribution in [1.29, 1.82) is 0 Å². The Bertz CT molecular complexity index is 605. The summed E-state index contributed by atoms with van der Waals surface area (Å²) in [6, 6.07) is 7.03. The number of halogens is 3. The molecule has 0 aliphatic heterocycles. The molecule has 0 spiro atoms. The fraction of sp³-hybridized carbons (Fsp3) is 0. The Hall–Kier alpha value is -1.95. The van der Waals surface area contributed by atoms with Gasteiger partial charge in [0.15, 0.2) is 11.6 Å². The summed E-state index contributed by atoms with van der Waals surface area (Å²) in [4.78, 5) is 12.4. The average Bonchev–Trinajstić information content (AvgIpc) is 2.34. The monoisotopic (exact) mass is 283 g/mol. The van der Waals surface area contributed by atoms with Crippen LogP contribution in [0, 0.1) is 17.5 Å². The van der Waals surface area contributed by atoms with Crippen molar-refractivity contribution >= 4 is 24.2 Å². The van der Waals surface area contributed by atoms with Crippen LogP contribution in [0.3, 0.4) is 0 Å². The van der Waals surface area contributed by atoms with Gasteiger partial charge in [-0.05, 0) is 24.3 Å². The van der Waals surface area contributed by atoms with Crippen LogP contribution >= 0.6 is 12.6 Å². The topological polar surface area (TPSA) is 29.1 Å². The molecule has 0 atom stereocenters. The first-order valence-corrected chi connectivity index (χ1v) is 5.67. The van der Waals surface area contributed by atoms with Crippen molar-refractivity contribution in [3.05, 3.63) is 59.4 Å². The van der Waals surface area contributed by atoms with E-state index in [0.29, 0.717) is 17.0 Å². The van der Waals surface area contributed by atoms with Gasteiger partial charge >= 0.3 is 0 Å². The normalized spacial score (nSPS) is 10.3. The largest absolute Gasteiger partial charge is 0.317 e. The van der Waals surface area contributed by atoms with E-state index in [-0.39, 0.29) is 5.56 Å². The smallest absolute Gasteiger partial charge is 0.255 e. The van der Waals surface area contributed by atoms with Gasteiger partial charge < -0.3 is 5.32 Å². The molecule has 2 nitrogen and oxygen atoms in total. The molecule has 1 amide bonds. The number of benzene rings is 2. The maximum atomic E-state index is 13.3. The number of carbonyl (C=O) groups excluding carboxylic acids is 1. The molecule has 0 aliphatic rings. The van der Waals surface area contributed by atoms with Crippen molar-refractivity contribution in [1.82, 2.24) is 0 Å². The molecule has 0 saturated heterocycles. The van der Waals surface area contributed by atoms with Crippen LogP contribution in [0.4, 0.5) is 18.9 Å². The van der Waals surface area contributed by atoms with E-state index in [0.717, 1.165) is 0 Å². The number of carbonyl (C=O) groups is 1. The molecular weight excluding hydrogens is 275 g/mol. The maximum Gasteiger partial charge on any atom is 0.255 e. The first-order valence-electron chi connectivity index (χ1n) is 5.22. The lowest BCUT2D eigenvalue weighted by molar-refractivity contribution is 0.102. The Morgan fingerprint density at radius 3 is 2.05 bits per heavy atom. The minimum absolute atomic E-state index is 0.209. The Balaban J connectivity index is 2.26. The fourth-order valence-electron chi connectivity index (χ4n) is 1.46. The van der Waals surface area contributed by atoms with Gasteiger partial charge in [0.2, 0.25) is 0 Å². The van der Waals surface area contributed by atoms with Gasteiger partial charge in [-0.2, -0.15) is 0 Å². The van der Waals surface area contributed by atoms with Gasteiger partial charge in [-0.1, -0.05) is 0 Å². The number of anilines is 1.